The Kier molecular flexibility index (Phi) is 18.3. The fourth-order valence-corrected chi connectivity index (χ4v) is 13.0. The van der Waals surface area contributed by atoms with Gasteiger partial charge >= 0.3 is 24.0 Å². The van der Waals surface area contributed by atoms with Crippen LogP contribution in [0.25, 0.3) is 22.8 Å². The first-order chi connectivity index (χ1) is 21.5. The summed E-state index contributed by atoms with van der Waals surface area (Å²) in [4.78, 5) is 18.1. The summed E-state index contributed by atoms with van der Waals surface area (Å²) >= 11 is -0.750. The van der Waals surface area contributed by atoms with E-state index in [1.54, 1.807) is 0 Å². The molecule has 0 aliphatic heterocycles. The molecule has 45 heavy (non-hydrogen) atoms. The third kappa shape index (κ3) is 15.1. The maximum atomic E-state index is 7.12. The van der Waals surface area contributed by atoms with E-state index < -0.39 is 33.2 Å². The van der Waals surface area contributed by atoms with Crippen LogP contribution in [0.5, 0.6) is 0 Å². The van der Waals surface area contributed by atoms with Crippen molar-refractivity contribution in [1.82, 2.24) is 19.9 Å². The standard InChI is InChI=1S/2C18H26N2Si.Fe.2H2O/c2*1-14(2)12-21(13-15(3)4)16-8-9-18(20-11-16)17-7-5-6-10-19-17;;;/h2*5-11,14-15,21H,12-13H2,1-4H3;;2*1H2/q;;+2;;/p-2. The van der Waals surface area contributed by atoms with Crippen molar-refractivity contribution in [2.24, 2.45) is 23.7 Å². The van der Waals surface area contributed by atoms with Gasteiger partial charge in [0.2, 0.25) is 0 Å². The van der Waals surface area contributed by atoms with Crippen molar-refractivity contribution in [2.75, 3.05) is 0 Å². The van der Waals surface area contributed by atoms with Crippen LogP contribution < -0.4 is 10.4 Å². The van der Waals surface area contributed by atoms with Crippen LogP contribution in [0.15, 0.2) is 85.5 Å². The van der Waals surface area contributed by atoms with Crippen LogP contribution in [0.4, 0.5) is 0 Å². The molecule has 9 heteroatoms. The van der Waals surface area contributed by atoms with E-state index in [0.29, 0.717) is 0 Å². The van der Waals surface area contributed by atoms with Gasteiger partial charge in [-0.2, -0.15) is 0 Å². The van der Waals surface area contributed by atoms with E-state index >= 15 is 0 Å². The van der Waals surface area contributed by atoms with Crippen LogP contribution in [0, 0.1) is 23.7 Å². The zero-order valence-electron chi connectivity index (χ0n) is 28.4. The van der Waals surface area contributed by atoms with Crippen molar-refractivity contribution in [3.05, 3.63) is 85.5 Å². The monoisotopic (exact) mass is 686 g/mol. The average molecular weight is 687 g/mol. The molecule has 0 aliphatic rings. The van der Waals surface area contributed by atoms with Crippen molar-refractivity contribution in [3.63, 3.8) is 0 Å². The van der Waals surface area contributed by atoms with Gasteiger partial charge in [0.05, 0.1) is 40.4 Å². The molecule has 0 radical (unpaired) electrons. The summed E-state index contributed by atoms with van der Waals surface area (Å²) in [6, 6.07) is 26.2. The average Bonchev–Trinajstić information content (AvgIpc) is 3.01. The van der Waals surface area contributed by atoms with E-state index in [9.17, 15) is 0 Å². The van der Waals surface area contributed by atoms with Crippen LogP contribution in [0.1, 0.15) is 55.4 Å². The van der Waals surface area contributed by atoms with Crippen LogP contribution in [0.3, 0.4) is 0 Å². The molecule has 246 valence electrons. The summed E-state index contributed by atoms with van der Waals surface area (Å²) in [5, 5.41) is 2.99. The molecule has 0 aliphatic carbocycles. The summed E-state index contributed by atoms with van der Waals surface area (Å²) < 4.78 is 14.2. The Hall–Kier alpha value is -2.53. The fourth-order valence-electron chi connectivity index (χ4n) is 5.64. The van der Waals surface area contributed by atoms with Gasteiger partial charge in [0, 0.05) is 24.8 Å². The normalized spacial score (nSPS) is 11.3. The number of aromatic nitrogens is 4. The molecule has 4 heterocycles. The molecule has 0 unspecified atom stereocenters. The zero-order valence-corrected chi connectivity index (χ0v) is 31.8. The zero-order chi connectivity index (χ0) is 33.2. The predicted octanol–water partition coefficient (Wildman–Crippen LogP) is 6.66. The van der Waals surface area contributed by atoms with E-state index in [2.05, 4.69) is 112 Å². The fraction of sp³-hybridized carbons (Fsp3) is 0.444. The number of hydrogen-bond donors (Lipinski definition) is 2. The first kappa shape index (κ1) is 38.7. The second-order valence-electron chi connectivity index (χ2n) is 13.4. The van der Waals surface area contributed by atoms with Gasteiger partial charge in [0.1, 0.15) is 0 Å². The predicted molar refractivity (Wildman–Crippen MR) is 192 cm³/mol. The van der Waals surface area contributed by atoms with Crippen molar-refractivity contribution in [3.8, 4) is 22.8 Å². The quantitative estimate of drug-likeness (QED) is 0.162. The van der Waals surface area contributed by atoms with Gasteiger partial charge in [0.25, 0.3) is 0 Å². The Morgan fingerprint density at radius 3 is 1.02 bits per heavy atom. The van der Waals surface area contributed by atoms with Gasteiger partial charge in [-0.05, 0) is 70.4 Å². The second-order valence-corrected chi connectivity index (χ2v) is 19.6. The Morgan fingerprint density at radius 2 is 0.800 bits per heavy atom. The van der Waals surface area contributed by atoms with Crippen molar-refractivity contribution in [2.45, 2.75) is 79.6 Å². The van der Waals surface area contributed by atoms with Gasteiger partial charge in [-0.25, -0.2) is 0 Å². The van der Waals surface area contributed by atoms with E-state index in [1.165, 1.54) is 34.5 Å². The summed E-state index contributed by atoms with van der Waals surface area (Å²) in [5.74, 6) is 3.10. The Morgan fingerprint density at radius 1 is 0.489 bits per heavy atom. The Labute approximate surface area is 282 Å². The number of rotatable bonds is 12. The molecule has 4 aromatic heterocycles. The molecule has 0 saturated heterocycles. The summed E-state index contributed by atoms with van der Waals surface area (Å²) in [7, 11) is -1.81. The molecule has 0 atom stereocenters. The van der Waals surface area contributed by atoms with Gasteiger partial charge < -0.3 is 0 Å². The van der Waals surface area contributed by atoms with E-state index in [4.69, 9.17) is 8.38 Å². The van der Waals surface area contributed by atoms with E-state index in [0.717, 1.165) is 46.4 Å². The minimum atomic E-state index is -0.905. The number of nitrogens with zero attached hydrogens (tertiary/aromatic N) is 4. The van der Waals surface area contributed by atoms with Crippen LogP contribution in [-0.4, -0.2) is 45.9 Å². The molecule has 0 saturated carbocycles. The van der Waals surface area contributed by atoms with Crippen molar-refractivity contribution >= 4 is 28.0 Å². The first-order valence-corrected chi connectivity index (χ1v) is 21.6. The third-order valence-corrected chi connectivity index (χ3v) is 16.0. The van der Waals surface area contributed by atoms with Crippen LogP contribution in [0.2, 0.25) is 24.2 Å². The van der Waals surface area contributed by atoms with Gasteiger partial charge in [0.15, 0.2) is 0 Å². The molecule has 6 nitrogen and oxygen atoms in total. The molecule has 0 amide bonds. The van der Waals surface area contributed by atoms with Crippen molar-refractivity contribution in [1.29, 1.82) is 0 Å². The minimum absolute atomic E-state index is 0.750. The third-order valence-electron chi connectivity index (χ3n) is 7.39. The number of pyridine rings is 4. The second kappa shape index (κ2) is 21.3. The Bertz CT molecular complexity index is 1190. The van der Waals surface area contributed by atoms with Crippen molar-refractivity contribution < 1.29 is 24.0 Å². The topological polar surface area (TPSA) is 92.0 Å². The van der Waals surface area contributed by atoms with Gasteiger partial charge in [-0.15, -0.1) is 0 Å². The van der Waals surface area contributed by atoms with Gasteiger partial charge in [-0.3, -0.25) is 19.9 Å². The maximum absolute atomic E-state index is 7.12. The van der Waals surface area contributed by atoms with Gasteiger partial charge in [-0.1, -0.05) is 104 Å². The Balaban J connectivity index is 0.000000288. The molecule has 0 fully saturated rings. The summed E-state index contributed by atoms with van der Waals surface area (Å²) in [5.41, 5.74) is 3.85. The summed E-state index contributed by atoms with van der Waals surface area (Å²) in [6.07, 6.45) is 7.84. The molecule has 0 spiro atoms. The van der Waals surface area contributed by atoms with E-state index in [-0.39, 0.29) is 0 Å². The van der Waals surface area contributed by atoms with E-state index in [1.807, 2.05) is 48.8 Å². The molecule has 4 aromatic rings. The first-order valence-electron chi connectivity index (χ1n) is 16.2. The van der Waals surface area contributed by atoms with Crippen LogP contribution >= 0.6 is 0 Å². The SMILES string of the molecule is CC(C)C[SiH](CC(C)C)c1ccc(-c2ccccn2)nc1.CC(C)C[SiH](CC(C)C)c1ccc(-c2ccccn2)nc1.[OH][Fe][OH]. The summed E-state index contributed by atoms with van der Waals surface area (Å²) in [6.45, 7) is 18.6. The number of hydrogen-bond acceptors (Lipinski definition) is 6. The molecular weight excluding hydrogens is 632 g/mol. The van der Waals surface area contributed by atoms with Crippen LogP contribution in [-0.2, 0) is 15.6 Å². The molecule has 0 aromatic carbocycles. The molecule has 0 bridgehead atoms. The molecular formula is C36H54FeN4O2Si2. The molecule has 4 rings (SSSR count). The molecule has 2 N–H and O–H groups in total.